The van der Waals surface area contributed by atoms with Crippen LogP contribution in [-0.2, 0) is 4.79 Å². The van der Waals surface area contributed by atoms with E-state index in [4.69, 9.17) is 10.2 Å². The third-order valence-corrected chi connectivity index (χ3v) is 2.29. The highest BCUT2D eigenvalue weighted by Gasteiger charge is 2.08. The Balaban J connectivity index is 2.43. The first kappa shape index (κ1) is 11.8. The van der Waals surface area contributed by atoms with E-state index in [1.165, 1.54) is 18.5 Å². The molecule has 92 valence electrons. The molecule has 0 amide bonds. The van der Waals surface area contributed by atoms with Crippen molar-refractivity contribution in [3.63, 3.8) is 0 Å². The lowest BCUT2D eigenvalue weighted by Gasteiger charge is -2.06. The van der Waals surface area contributed by atoms with Crippen LogP contribution in [0, 0.1) is 0 Å². The van der Waals surface area contributed by atoms with Gasteiger partial charge in [-0.3, -0.25) is 4.79 Å². The molecule has 0 unspecified atom stereocenters. The smallest absolute Gasteiger partial charge is 0.335 e. The van der Waals surface area contributed by atoms with Crippen LogP contribution in [-0.4, -0.2) is 38.7 Å². The third kappa shape index (κ3) is 2.34. The van der Waals surface area contributed by atoms with Crippen molar-refractivity contribution in [2.45, 2.75) is 0 Å². The van der Waals surface area contributed by atoms with Gasteiger partial charge >= 0.3 is 11.9 Å². The van der Waals surface area contributed by atoms with E-state index in [1.807, 2.05) is 0 Å². The van der Waals surface area contributed by atoms with Crippen molar-refractivity contribution in [2.75, 3.05) is 11.9 Å². The average Bonchev–Trinajstić information content (AvgIpc) is 2.35. The monoisotopic (exact) mass is 247 g/mol. The summed E-state index contributed by atoms with van der Waals surface area (Å²) >= 11 is 0. The largest absolute Gasteiger partial charge is 0.480 e. The third-order valence-electron chi connectivity index (χ3n) is 2.29. The van der Waals surface area contributed by atoms with Crippen molar-refractivity contribution in [2.24, 2.45) is 0 Å². The summed E-state index contributed by atoms with van der Waals surface area (Å²) in [6, 6.07) is 4.37. The van der Waals surface area contributed by atoms with Gasteiger partial charge in [0.15, 0.2) is 0 Å². The van der Waals surface area contributed by atoms with Gasteiger partial charge in [-0.05, 0) is 18.2 Å². The molecule has 0 saturated carbocycles. The van der Waals surface area contributed by atoms with Gasteiger partial charge in [-0.1, -0.05) is 0 Å². The summed E-state index contributed by atoms with van der Waals surface area (Å²) in [6.45, 7) is -0.271. The zero-order valence-electron chi connectivity index (χ0n) is 9.12. The van der Waals surface area contributed by atoms with Gasteiger partial charge < -0.3 is 15.5 Å². The summed E-state index contributed by atoms with van der Waals surface area (Å²) in [4.78, 5) is 29.1. The van der Waals surface area contributed by atoms with Crippen LogP contribution >= 0.6 is 0 Å². The number of rotatable bonds is 4. The van der Waals surface area contributed by atoms with E-state index < -0.39 is 11.9 Å². The fraction of sp³-hybridized carbons (Fsp3) is 0.0909. The zero-order chi connectivity index (χ0) is 13.1. The number of aliphatic carboxylic acids is 1. The lowest BCUT2D eigenvalue weighted by molar-refractivity contribution is -0.134. The first-order valence-corrected chi connectivity index (χ1v) is 5.01. The number of benzene rings is 1. The van der Waals surface area contributed by atoms with Crippen LogP contribution in [0.2, 0.25) is 0 Å². The van der Waals surface area contributed by atoms with Gasteiger partial charge in [0.25, 0.3) is 0 Å². The number of nitrogens with zero attached hydrogens (tertiary/aromatic N) is 2. The van der Waals surface area contributed by atoms with Gasteiger partial charge in [0.1, 0.15) is 18.7 Å². The van der Waals surface area contributed by atoms with E-state index in [-0.39, 0.29) is 12.1 Å². The van der Waals surface area contributed by atoms with Gasteiger partial charge in [-0.25, -0.2) is 14.8 Å². The lowest BCUT2D eigenvalue weighted by atomic mass is 10.1. The number of anilines is 1. The van der Waals surface area contributed by atoms with Gasteiger partial charge in [-0.15, -0.1) is 0 Å². The SMILES string of the molecule is O=C(O)CNc1ncnc2cc(C(=O)O)ccc12. The number of aromatic nitrogens is 2. The molecule has 18 heavy (non-hydrogen) atoms. The van der Waals surface area contributed by atoms with E-state index in [1.54, 1.807) is 6.07 Å². The Morgan fingerprint density at radius 3 is 2.67 bits per heavy atom. The van der Waals surface area contributed by atoms with Crippen molar-refractivity contribution in [3.05, 3.63) is 30.1 Å². The molecule has 0 radical (unpaired) electrons. The van der Waals surface area contributed by atoms with Gasteiger partial charge in [-0.2, -0.15) is 0 Å². The molecule has 0 saturated heterocycles. The van der Waals surface area contributed by atoms with Crippen molar-refractivity contribution >= 4 is 28.7 Å². The molecule has 7 heteroatoms. The Kier molecular flexibility index (Phi) is 3.05. The lowest BCUT2D eigenvalue weighted by Crippen LogP contribution is -2.13. The summed E-state index contributed by atoms with van der Waals surface area (Å²) in [5, 5.41) is 20.6. The fourth-order valence-corrected chi connectivity index (χ4v) is 1.49. The second-order valence-corrected chi connectivity index (χ2v) is 3.51. The van der Waals surface area contributed by atoms with Crippen LogP contribution in [0.15, 0.2) is 24.5 Å². The summed E-state index contributed by atoms with van der Waals surface area (Å²) in [5.74, 6) is -1.70. The number of carbonyl (C=O) groups is 2. The number of aromatic carboxylic acids is 1. The molecule has 2 aromatic rings. The zero-order valence-corrected chi connectivity index (χ0v) is 9.12. The number of carboxylic acid groups (broad SMARTS) is 2. The first-order valence-electron chi connectivity index (χ1n) is 5.01. The quantitative estimate of drug-likeness (QED) is 0.733. The Morgan fingerprint density at radius 2 is 2.00 bits per heavy atom. The maximum atomic E-state index is 10.8. The molecule has 0 aliphatic heterocycles. The second kappa shape index (κ2) is 4.66. The summed E-state index contributed by atoms with van der Waals surface area (Å²) in [7, 11) is 0. The van der Waals surface area contributed by atoms with Crippen LogP contribution < -0.4 is 5.32 Å². The summed E-state index contributed by atoms with van der Waals surface area (Å²) < 4.78 is 0. The predicted octanol–water partition coefficient (Wildman–Crippen LogP) is 0.824. The minimum Gasteiger partial charge on any atom is -0.480 e. The van der Waals surface area contributed by atoms with Crippen molar-refractivity contribution in [1.29, 1.82) is 0 Å². The molecule has 7 nitrogen and oxygen atoms in total. The molecule has 1 aromatic carbocycles. The maximum absolute atomic E-state index is 10.8. The predicted molar refractivity (Wildman–Crippen MR) is 62.6 cm³/mol. The van der Waals surface area contributed by atoms with Gasteiger partial charge in [0.05, 0.1) is 11.1 Å². The minimum absolute atomic E-state index is 0.116. The molecular weight excluding hydrogens is 238 g/mol. The number of hydrogen-bond acceptors (Lipinski definition) is 5. The molecule has 0 aliphatic rings. The van der Waals surface area contributed by atoms with Gasteiger partial charge in [0, 0.05) is 5.39 Å². The molecule has 1 heterocycles. The normalized spacial score (nSPS) is 10.2. The number of carboxylic acids is 2. The molecule has 0 bridgehead atoms. The summed E-state index contributed by atoms with van der Waals surface area (Å²) in [5.41, 5.74) is 0.558. The molecule has 3 N–H and O–H groups in total. The average molecular weight is 247 g/mol. The molecule has 2 rings (SSSR count). The Morgan fingerprint density at radius 1 is 1.22 bits per heavy atom. The Hall–Kier alpha value is -2.70. The Labute approximate surface area is 101 Å². The van der Waals surface area contributed by atoms with Gasteiger partial charge in [0.2, 0.25) is 0 Å². The highest BCUT2D eigenvalue weighted by Crippen LogP contribution is 2.20. The fourth-order valence-electron chi connectivity index (χ4n) is 1.49. The summed E-state index contributed by atoms with van der Waals surface area (Å²) in [6.07, 6.45) is 1.25. The molecule has 0 atom stereocenters. The molecule has 0 fully saturated rings. The van der Waals surface area contributed by atoms with Crippen LogP contribution in [0.1, 0.15) is 10.4 Å². The number of fused-ring (bicyclic) bond motifs is 1. The highest BCUT2D eigenvalue weighted by molar-refractivity contribution is 5.96. The molecule has 0 spiro atoms. The van der Waals surface area contributed by atoms with E-state index in [0.717, 1.165) is 0 Å². The van der Waals surface area contributed by atoms with Crippen LogP contribution in [0.5, 0.6) is 0 Å². The van der Waals surface area contributed by atoms with Crippen molar-refractivity contribution < 1.29 is 19.8 Å². The van der Waals surface area contributed by atoms with E-state index in [2.05, 4.69) is 15.3 Å². The topological polar surface area (TPSA) is 112 Å². The van der Waals surface area contributed by atoms with E-state index in [9.17, 15) is 9.59 Å². The number of nitrogens with one attached hydrogen (secondary N) is 1. The highest BCUT2D eigenvalue weighted by atomic mass is 16.4. The van der Waals surface area contributed by atoms with Crippen molar-refractivity contribution in [3.8, 4) is 0 Å². The minimum atomic E-state index is -1.05. The standard InChI is InChI=1S/C11H9N3O4/c15-9(16)4-12-10-7-2-1-6(11(17)18)3-8(7)13-5-14-10/h1-3,5H,4H2,(H,15,16)(H,17,18)(H,12,13,14). The second-order valence-electron chi connectivity index (χ2n) is 3.51. The molecule has 1 aromatic heterocycles. The number of hydrogen-bond donors (Lipinski definition) is 3. The molecule has 0 aliphatic carbocycles. The molecular formula is C11H9N3O4. The van der Waals surface area contributed by atoms with Crippen LogP contribution in [0.25, 0.3) is 10.9 Å². The van der Waals surface area contributed by atoms with Crippen LogP contribution in [0.3, 0.4) is 0 Å². The first-order chi connectivity index (χ1) is 8.58. The van der Waals surface area contributed by atoms with E-state index in [0.29, 0.717) is 16.7 Å². The van der Waals surface area contributed by atoms with E-state index >= 15 is 0 Å². The van der Waals surface area contributed by atoms with Crippen LogP contribution in [0.4, 0.5) is 5.82 Å². The maximum Gasteiger partial charge on any atom is 0.335 e. The Bertz CT molecular complexity index is 627. The van der Waals surface area contributed by atoms with Crippen molar-refractivity contribution in [1.82, 2.24) is 9.97 Å².